The molecule has 0 saturated carbocycles. The maximum Gasteiger partial charge on any atom is 0.176 e. The SMILES string of the molecule is COc1ccc(NC(=S)Nc2ccn(Cc3c(Cl)cccc3Cl)n2)c(OC)c1. The number of benzene rings is 2. The van der Waals surface area contributed by atoms with Crippen molar-refractivity contribution in [2.24, 2.45) is 0 Å². The third-order valence-electron chi connectivity index (χ3n) is 3.92. The van der Waals surface area contributed by atoms with Crippen LogP contribution in [-0.2, 0) is 6.54 Å². The molecule has 9 heteroatoms. The van der Waals surface area contributed by atoms with Crippen molar-refractivity contribution in [2.75, 3.05) is 24.9 Å². The highest BCUT2D eigenvalue weighted by atomic mass is 35.5. The van der Waals surface area contributed by atoms with Gasteiger partial charge in [-0.1, -0.05) is 29.3 Å². The van der Waals surface area contributed by atoms with Crippen molar-refractivity contribution in [1.29, 1.82) is 0 Å². The molecule has 1 heterocycles. The quantitative estimate of drug-likeness (QED) is 0.526. The van der Waals surface area contributed by atoms with Gasteiger partial charge in [-0.3, -0.25) is 4.68 Å². The topological polar surface area (TPSA) is 60.3 Å². The number of hydrogen-bond donors (Lipinski definition) is 2. The van der Waals surface area contributed by atoms with Crippen LogP contribution >= 0.6 is 35.4 Å². The lowest BCUT2D eigenvalue weighted by molar-refractivity contribution is 0.395. The summed E-state index contributed by atoms with van der Waals surface area (Å²) in [5.74, 6) is 1.90. The molecule has 2 N–H and O–H groups in total. The van der Waals surface area contributed by atoms with Crippen LogP contribution in [0.4, 0.5) is 11.5 Å². The van der Waals surface area contributed by atoms with Crippen LogP contribution < -0.4 is 20.1 Å². The van der Waals surface area contributed by atoms with Crippen LogP contribution in [0.3, 0.4) is 0 Å². The number of ether oxygens (including phenoxy) is 2. The van der Waals surface area contributed by atoms with E-state index in [0.29, 0.717) is 44.7 Å². The molecule has 0 bridgehead atoms. The van der Waals surface area contributed by atoms with E-state index >= 15 is 0 Å². The highest BCUT2D eigenvalue weighted by Gasteiger charge is 2.10. The Balaban J connectivity index is 1.66. The zero-order valence-corrected chi connectivity index (χ0v) is 17.5. The lowest BCUT2D eigenvalue weighted by Crippen LogP contribution is -2.20. The van der Waals surface area contributed by atoms with Gasteiger partial charge < -0.3 is 20.1 Å². The first-order chi connectivity index (χ1) is 13.5. The average Bonchev–Trinajstić information content (AvgIpc) is 3.12. The molecule has 0 aliphatic carbocycles. The second kappa shape index (κ2) is 9.14. The molecule has 0 radical (unpaired) electrons. The van der Waals surface area contributed by atoms with E-state index in [1.165, 1.54) is 0 Å². The van der Waals surface area contributed by atoms with Gasteiger partial charge >= 0.3 is 0 Å². The Morgan fingerprint density at radius 1 is 1.07 bits per heavy atom. The molecule has 0 saturated heterocycles. The number of hydrogen-bond acceptors (Lipinski definition) is 4. The number of aromatic nitrogens is 2. The molecule has 146 valence electrons. The van der Waals surface area contributed by atoms with Gasteiger partial charge in [-0.2, -0.15) is 5.10 Å². The van der Waals surface area contributed by atoms with Crippen LogP contribution in [0.1, 0.15) is 5.56 Å². The first kappa shape index (κ1) is 20.3. The molecule has 28 heavy (non-hydrogen) atoms. The van der Waals surface area contributed by atoms with E-state index < -0.39 is 0 Å². The van der Waals surface area contributed by atoms with Crippen molar-refractivity contribution in [1.82, 2.24) is 9.78 Å². The number of halogens is 2. The van der Waals surface area contributed by atoms with Crippen LogP contribution in [0.25, 0.3) is 0 Å². The van der Waals surface area contributed by atoms with Crippen LogP contribution in [-0.4, -0.2) is 29.1 Å². The molecule has 1 aromatic heterocycles. The summed E-state index contributed by atoms with van der Waals surface area (Å²) in [6.07, 6.45) is 1.82. The van der Waals surface area contributed by atoms with Crippen molar-refractivity contribution in [3.8, 4) is 11.5 Å². The molecule has 0 fully saturated rings. The molecule has 2 aromatic carbocycles. The van der Waals surface area contributed by atoms with Gasteiger partial charge in [-0.15, -0.1) is 0 Å². The maximum absolute atomic E-state index is 6.22. The van der Waals surface area contributed by atoms with Gasteiger partial charge in [0.1, 0.15) is 11.5 Å². The van der Waals surface area contributed by atoms with Crippen LogP contribution in [0.5, 0.6) is 11.5 Å². The van der Waals surface area contributed by atoms with Gasteiger partial charge in [0.25, 0.3) is 0 Å². The number of rotatable bonds is 6. The minimum atomic E-state index is 0.379. The number of nitrogens with one attached hydrogen (secondary N) is 2. The minimum absolute atomic E-state index is 0.379. The molecule has 6 nitrogen and oxygen atoms in total. The molecular formula is C19H18Cl2N4O2S. The Hall–Kier alpha value is -2.48. The third kappa shape index (κ3) is 4.86. The number of thiocarbonyl (C=S) groups is 1. The van der Waals surface area contributed by atoms with Crippen molar-refractivity contribution in [2.45, 2.75) is 6.54 Å². The van der Waals surface area contributed by atoms with E-state index in [1.54, 1.807) is 37.1 Å². The van der Waals surface area contributed by atoms with Gasteiger partial charge in [0.2, 0.25) is 0 Å². The predicted molar refractivity (Wildman–Crippen MR) is 117 cm³/mol. The number of methoxy groups -OCH3 is 2. The summed E-state index contributed by atoms with van der Waals surface area (Å²) in [6.45, 7) is 0.451. The van der Waals surface area contributed by atoms with Crippen LogP contribution in [0.15, 0.2) is 48.7 Å². The van der Waals surface area contributed by atoms with Gasteiger partial charge in [0, 0.05) is 33.9 Å². The summed E-state index contributed by atoms with van der Waals surface area (Å²) in [7, 11) is 3.18. The smallest absolute Gasteiger partial charge is 0.176 e. The predicted octanol–water partition coefficient (Wildman–Crippen LogP) is 5.06. The first-order valence-corrected chi connectivity index (χ1v) is 9.43. The molecule has 0 aliphatic rings. The van der Waals surface area contributed by atoms with Gasteiger partial charge in [0.15, 0.2) is 10.9 Å². The zero-order chi connectivity index (χ0) is 20.1. The van der Waals surface area contributed by atoms with Crippen molar-refractivity contribution in [3.05, 3.63) is 64.3 Å². The summed E-state index contributed by atoms with van der Waals surface area (Å²) in [5, 5.41) is 12.2. The summed E-state index contributed by atoms with van der Waals surface area (Å²) < 4.78 is 12.3. The standard InChI is InChI=1S/C19H18Cl2N4O2S/c1-26-12-6-7-16(17(10-12)27-2)22-19(28)23-18-8-9-25(24-18)11-13-14(20)4-3-5-15(13)21/h3-10H,11H2,1-2H3,(H2,22,23,24,28). The van der Waals surface area contributed by atoms with Gasteiger partial charge in [-0.25, -0.2) is 0 Å². The van der Waals surface area contributed by atoms with Crippen molar-refractivity contribution >= 4 is 52.0 Å². The Bertz CT molecular complexity index is 974. The Morgan fingerprint density at radius 2 is 1.82 bits per heavy atom. The summed E-state index contributed by atoms with van der Waals surface area (Å²) in [4.78, 5) is 0. The van der Waals surface area contributed by atoms with E-state index in [4.69, 9.17) is 44.9 Å². The van der Waals surface area contributed by atoms with E-state index in [0.717, 1.165) is 5.56 Å². The van der Waals surface area contributed by atoms with Gasteiger partial charge in [0.05, 0.1) is 26.5 Å². The van der Waals surface area contributed by atoms with Crippen molar-refractivity contribution < 1.29 is 9.47 Å². The fourth-order valence-electron chi connectivity index (χ4n) is 2.53. The van der Waals surface area contributed by atoms with Crippen LogP contribution in [0.2, 0.25) is 10.0 Å². The monoisotopic (exact) mass is 436 g/mol. The highest BCUT2D eigenvalue weighted by molar-refractivity contribution is 7.80. The average molecular weight is 437 g/mol. The normalized spacial score (nSPS) is 10.4. The van der Waals surface area contributed by atoms with E-state index in [1.807, 2.05) is 30.5 Å². The molecule has 0 aliphatic heterocycles. The number of nitrogens with zero attached hydrogens (tertiary/aromatic N) is 2. The van der Waals surface area contributed by atoms with E-state index in [-0.39, 0.29) is 0 Å². The molecule has 3 rings (SSSR count). The second-order valence-corrected chi connectivity index (χ2v) is 6.97. The summed E-state index contributed by atoms with van der Waals surface area (Å²) in [6, 6.07) is 12.6. The largest absolute Gasteiger partial charge is 0.497 e. The first-order valence-electron chi connectivity index (χ1n) is 8.26. The van der Waals surface area contributed by atoms with E-state index in [9.17, 15) is 0 Å². The molecule has 0 atom stereocenters. The fraction of sp³-hybridized carbons (Fsp3) is 0.158. The zero-order valence-electron chi connectivity index (χ0n) is 15.2. The molecule has 0 unspecified atom stereocenters. The van der Waals surface area contributed by atoms with E-state index in [2.05, 4.69) is 15.7 Å². The molecule has 0 spiro atoms. The molecular weight excluding hydrogens is 419 g/mol. The summed E-state index contributed by atoms with van der Waals surface area (Å²) >= 11 is 17.8. The fourth-order valence-corrected chi connectivity index (χ4v) is 3.26. The Labute approximate surface area is 178 Å². The maximum atomic E-state index is 6.22. The lowest BCUT2D eigenvalue weighted by atomic mass is 10.2. The van der Waals surface area contributed by atoms with Crippen molar-refractivity contribution in [3.63, 3.8) is 0 Å². The summed E-state index contributed by atoms with van der Waals surface area (Å²) in [5.41, 5.74) is 1.52. The second-order valence-electron chi connectivity index (χ2n) is 5.74. The Kier molecular flexibility index (Phi) is 6.61. The Morgan fingerprint density at radius 3 is 2.50 bits per heavy atom. The highest BCUT2D eigenvalue weighted by Crippen LogP contribution is 2.29. The van der Waals surface area contributed by atoms with Gasteiger partial charge in [-0.05, 0) is 36.5 Å². The number of anilines is 2. The molecule has 3 aromatic rings. The van der Waals surface area contributed by atoms with Crippen LogP contribution in [0, 0.1) is 0 Å². The molecule has 0 amide bonds. The minimum Gasteiger partial charge on any atom is -0.497 e. The third-order valence-corrected chi connectivity index (χ3v) is 4.83. The lowest BCUT2D eigenvalue weighted by Gasteiger charge is -2.13.